The van der Waals surface area contributed by atoms with E-state index in [-0.39, 0.29) is 0 Å². The van der Waals surface area contributed by atoms with Crippen molar-refractivity contribution >= 4 is 0 Å². The topological polar surface area (TPSA) is 29.3 Å². The van der Waals surface area contributed by atoms with Crippen molar-refractivity contribution < 1.29 is 0 Å². The molecule has 0 heterocycles. The van der Waals surface area contributed by atoms with Gasteiger partial charge in [-0.1, -0.05) is 13.5 Å². The Kier molecular flexibility index (Phi) is 5.94. The number of nitrogens with zero attached hydrogens (tertiary/aromatic N) is 1. The lowest BCUT2D eigenvalue weighted by Crippen LogP contribution is -2.24. The molecule has 0 atom stereocenters. The Bertz CT molecular complexity index is 110. The molecule has 0 aliphatic rings. The van der Waals surface area contributed by atoms with Crippen molar-refractivity contribution in [3.8, 4) is 0 Å². The van der Waals surface area contributed by atoms with Gasteiger partial charge in [-0.3, -0.25) is 0 Å². The molecule has 0 aromatic heterocycles. The van der Waals surface area contributed by atoms with E-state index in [0.717, 1.165) is 31.8 Å². The molecule has 0 unspecified atom stereocenters. The van der Waals surface area contributed by atoms with Crippen molar-refractivity contribution in [3.63, 3.8) is 0 Å². The van der Waals surface area contributed by atoms with Gasteiger partial charge in [0.1, 0.15) is 0 Å². The Balaban J connectivity index is 3.60. The average molecular weight is 156 g/mol. The Morgan fingerprint density at radius 2 is 2.09 bits per heavy atom. The first-order valence-corrected chi connectivity index (χ1v) is 4.32. The van der Waals surface area contributed by atoms with Crippen LogP contribution in [0.25, 0.3) is 0 Å². The number of hydrogen-bond acceptors (Lipinski definition) is 2. The molecule has 0 bridgehead atoms. The minimum absolute atomic E-state index is 0.771. The first kappa shape index (κ1) is 10.5. The Labute approximate surface area is 70.1 Å². The van der Waals surface area contributed by atoms with Gasteiger partial charge in [0.2, 0.25) is 0 Å². The van der Waals surface area contributed by atoms with Crippen molar-refractivity contribution in [3.05, 3.63) is 12.3 Å². The fraction of sp³-hybridized carbons (Fsp3) is 0.778. The second-order valence-electron chi connectivity index (χ2n) is 2.86. The summed E-state index contributed by atoms with van der Waals surface area (Å²) in [5, 5.41) is 0. The molecule has 0 saturated heterocycles. The standard InChI is InChI=1S/C9H20N2/c1-4-7-11(9(2)3)8-5-6-10/h2,4-8,10H2,1,3H3. The van der Waals surface area contributed by atoms with Crippen molar-refractivity contribution in [1.82, 2.24) is 4.90 Å². The summed E-state index contributed by atoms with van der Waals surface area (Å²) in [5.41, 5.74) is 6.57. The van der Waals surface area contributed by atoms with Crippen molar-refractivity contribution in [2.24, 2.45) is 5.73 Å². The summed E-state index contributed by atoms with van der Waals surface area (Å²) < 4.78 is 0. The number of rotatable bonds is 6. The van der Waals surface area contributed by atoms with Gasteiger partial charge in [0.15, 0.2) is 0 Å². The highest BCUT2D eigenvalue weighted by atomic mass is 15.1. The molecule has 0 spiro atoms. The van der Waals surface area contributed by atoms with Crippen molar-refractivity contribution in [2.45, 2.75) is 26.7 Å². The maximum atomic E-state index is 5.42. The van der Waals surface area contributed by atoms with Crippen molar-refractivity contribution in [1.29, 1.82) is 0 Å². The lowest BCUT2D eigenvalue weighted by molar-refractivity contribution is 0.343. The molecule has 11 heavy (non-hydrogen) atoms. The first-order chi connectivity index (χ1) is 5.22. The van der Waals surface area contributed by atoms with Gasteiger partial charge in [-0.15, -0.1) is 0 Å². The van der Waals surface area contributed by atoms with E-state index in [4.69, 9.17) is 5.73 Å². The normalized spacial score (nSPS) is 9.73. The zero-order valence-corrected chi connectivity index (χ0v) is 7.77. The molecule has 0 aromatic carbocycles. The highest BCUT2D eigenvalue weighted by molar-refractivity contribution is 4.87. The van der Waals surface area contributed by atoms with Gasteiger partial charge in [-0.2, -0.15) is 0 Å². The van der Waals surface area contributed by atoms with Crippen LogP contribution in [0, 0.1) is 0 Å². The van der Waals surface area contributed by atoms with Crippen LogP contribution in [-0.2, 0) is 0 Å². The smallest absolute Gasteiger partial charge is 0.0186 e. The van der Waals surface area contributed by atoms with Gasteiger partial charge in [-0.25, -0.2) is 0 Å². The van der Waals surface area contributed by atoms with Gasteiger partial charge in [0.25, 0.3) is 0 Å². The third-order valence-electron chi connectivity index (χ3n) is 1.67. The van der Waals surface area contributed by atoms with Gasteiger partial charge < -0.3 is 10.6 Å². The van der Waals surface area contributed by atoms with Crippen LogP contribution in [0.2, 0.25) is 0 Å². The lowest BCUT2D eigenvalue weighted by atomic mass is 10.3. The molecule has 2 N–H and O–H groups in total. The molecule has 0 rings (SSSR count). The second-order valence-corrected chi connectivity index (χ2v) is 2.86. The number of nitrogens with two attached hydrogens (primary N) is 1. The van der Waals surface area contributed by atoms with Crippen LogP contribution in [0.5, 0.6) is 0 Å². The zero-order valence-electron chi connectivity index (χ0n) is 7.77. The molecule has 66 valence electrons. The summed E-state index contributed by atoms with van der Waals surface area (Å²) in [5.74, 6) is 0. The maximum Gasteiger partial charge on any atom is 0.0186 e. The molecule has 0 radical (unpaired) electrons. The molecular formula is C9H20N2. The van der Waals surface area contributed by atoms with E-state index >= 15 is 0 Å². The highest BCUT2D eigenvalue weighted by Gasteiger charge is 1.99. The van der Waals surface area contributed by atoms with E-state index in [1.165, 1.54) is 6.42 Å². The van der Waals surface area contributed by atoms with Crippen molar-refractivity contribution in [2.75, 3.05) is 19.6 Å². The van der Waals surface area contributed by atoms with Crippen LogP contribution in [-0.4, -0.2) is 24.5 Å². The largest absolute Gasteiger partial charge is 0.375 e. The minimum Gasteiger partial charge on any atom is -0.375 e. The molecule has 0 fully saturated rings. The molecule has 0 saturated carbocycles. The second kappa shape index (κ2) is 6.23. The quantitative estimate of drug-likeness (QED) is 0.632. The third-order valence-corrected chi connectivity index (χ3v) is 1.67. The maximum absolute atomic E-state index is 5.42. The SMILES string of the molecule is C=C(C)N(CCC)CCCN. The third kappa shape index (κ3) is 4.85. The fourth-order valence-electron chi connectivity index (χ4n) is 1.05. The summed E-state index contributed by atoms with van der Waals surface area (Å²) in [4.78, 5) is 2.28. The number of allylic oxidation sites excluding steroid dienone is 1. The Hall–Kier alpha value is -0.500. The highest BCUT2D eigenvalue weighted by Crippen LogP contribution is 2.01. The lowest BCUT2D eigenvalue weighted by Gasteiger charge is -2.23. The summed E-state index contributed by atoms with van der Waals surface area (Å²) in [7, 11) is 0. The van der Waals surface area contributed by atoms with Crippen LogP contribution in [0.15, 0.2) is 12.3 Å². The first-order valence-electron chi connectivity index (χ1n) is 4.32. The molecule has 0 aliphatic carbocycles. The fourth-order valence-corrected chi connectivity index (χ4v) is 1.05. The molecule has 0 amide bonds. The average Bonchev–Trinajstić information content (AvgIpc) is 1.97. The monoisotopic (exact) mass is 156 g/mol. The van der Waals surface area contributed by atoms with Crippen LogP contribution < -0.4 is 5.73 Å². The molecule has 0 aliphatic heterocycles. The van der Waals surface area contributed by atoms with Gasteiger partial charge >= 0.3 is 0 Å². The Morgan fingerprint density at radius 1 is 1.45 bits per heavy atom. The van der Waals surface area contributed by atoms with Gasteiger partial charge in [0.05, 0.1) is 0 Å². The molecule has 2 heteroatoms. The van der Waals surface area contributed by atoms with E-state index in [9.17, 15) is 0 Å². The summed E-state index contributed by atoms with van der Waals surface area (Å²) >= 11 is 0. The van der Waals surface area contributed by atoms with E-state index in [1.54, 1.807) is 0 Å². The predicted molar refractivity (Wildman–Crippen MR) is 50.3 cm³/mol. The van der Waals surface area contributed by atoms with Crippen LogP contribution in [0.3, 0.4) is 0 Å². The Morgan fingerprint density at radius 3 is 2.45 bits per heavy atom. The predicted octanol–water partition coefficient (Wildman–Crippen LogP) is 1.58. The summed E-state index contributed by atoms with van der Waals surface area (Å²) in [6.07, 6.45) is 2.24. The van der Waals surface area contributed by atoms with E-state index in [0.29, 0.717) is 0 Å². The zero-order chi connectivity index (χ0) is 8.69. The molecular weight excluding hydrogens is 136 g/mol. The van der Waals surface area contributed by atoms with Gasteiger partial charge in [0, 0.05) is 18.8 Å². The minimum atomic E-state index is 0.771. The molecule has 2 nitrogen and oxygen atoms in total. The summed E-state index contributed by atoms with van der Waals surface area (Å²) in [6, 6.07) is 0. The number of hydrogen-bond donors (Lipinski definition) is 1. The van der Waals surface area contributed by atoms with Gasteiger partial charge in [-0.05, 0) is 26.3 Å². The van der Waals surface area contributed by atoms with Crippen LogP contribution in [0.1, 0.15) is 26.7 Å². The van der Waals surface area contributed by atoms with E-state index in [1.807, 2.05) is 6.92 Å². The van der Waals surface area contributed by atoms with Crippen LogP contribution in [0.4, 0.5) is 0 Å². The molecule has 0 aromatic rings. The van der Waals surface area contributed by atoms with E-state index in [2.05, 4.69) is 18.4 Å². The van der Waals surface area contributed by atoms with Crippen LogP contribution >= 0.6 is 0 Å². The summed E-state index contributed by atoms with van der Waals surface area (Å²) in [6.45, 7) is 11.1. The van der Waals surface area contributed by atoms with E-state index < -0.39 is 0 Å².